The summed E-state index contributed by atoms with van der Waals surface area (Å²) in [5, 5.41) is 3.21. The number of rotatable bonds is 4. The molecule has 0 saturated carbocycles. The zero-order chi connectivity index (χ0) is 12.3. The van der Waals surface area contributed by atoms with Crippen LogP contribution in [0, 0.1) is 6.92 Å². The Labute approximate surface area is 106 Å². The van der Waals surface area contributed by atoms with Crippen LogP contribution in [0.1, 0.15) is 18.2 Å². The molecular formula is C13H16N2OS. The lowest BCUT2D eigenvalue weighted by atomic mass is 10.2. The highest BCUT2D eigenvalue weighted by Gasteiger charge is 2.05. The first-order valence-corrected chi connectivity index (χ1v) is 6.81. The van der Waals surface area contributed by atoms with Gasteiger partial charge in [-0.15, -0.1) is 11.8 Å². The van der Waals surface area contributed by atoms with Crippen molar-refractivity contribution in [2.75, 3.05) is 11.6 Å². The molecule has 0 amide bonds. The van der Waals surface area contributed by atoms with Crippen molar-refractivity contribution in [1.29, 1.82) is 0 Å². The molecule has 90 valence electrons. The van der Waals surface area contributed by atoms with Crippen LogP contribution in [0.5, 0.6) is 0 Å². The van der Waals surface area contributed by atoms with E-state index in [1.165, 1.54) is 10.5 Å². The molecule has 0 aliphatic carbocycles. The third-order valence-corrected chi connectivity index (χ3v) is 3.31. The van der Waals surface area contributed by atoms with Crippen molar-refractivity contribution >= 4 is 23.5 Å². The SMILES string of the molecule is CCc1cnc(Nc2cc(SC)ccc2C)o1. The first kappa shape index (κ1) is 12.0. The van der Waals surface area contributed by atoms with Gasteiger partial charge >= 0.3 is 0 Å². The Kier molecular flexibility index (Phi) is 3.74. The lowest BCUT2D eigenvalue weighted by molar-refractivity contribution is 0.527. The normalized spacial score (nSPS) is 10.5. The van der Waals surface area contributed by atoms with Gasteiger partial charge < -0.3 is 9.73 Å². The van der Waals surface area contributed by atoms with Crippen LogP contribution in [0.2, 0.25) is 0 Å². The van der Waals surface area contributed by atoms with Gasteiger partial charge in [-0.1, -0.05) is 13.0 Å². The number of aromatic nitrogens is 1. The van der Waals surface area contributed by atoms with E-state index in [-0.39, 0.29) is 0 Å². The molecule has 0 aliphatic rings. The van der Waals surface area contributed by atoms with E-state index in [2.05, 4.69) is 41.7 Å². The van der Waals surface area contributed by atoms with Crippen LogP contribution in [-0.2, 0) is 6.42 Å². The summed E-state index contributed by atoms with van der Waals surface area (Å²) in [6.07, 6.45) is 4.68. The smallest absolute Gasteiger partial charge is 0.299 e. The molecular weight excluding hydrogens is 232 g/mol. The largest absolute Gasteiger partial charge is 0.429 e. The highest BCUT2D eigenvalue weighted by atomic mass is 32.2. The zero-order valence-corrected chi connectivity index (χ0v) is 11.1. The van der Waals surface area contributed by atoms with E-state index in [4.69, 9.17) is 4.42 Å². The van der Waals surface area contributed by atoms with Gasteiger partial charge in [0.05, 0.1) is 6.20 Å². The summed E-state index contributed by atoms with van der Waals surface area (Å²) in [5.74, 6) is 0.895. The molecule has 0 aliphatic heterocycles. The van der Waals surface area contributed by atoms with Gasteiger partial charge in [0, 0.05) is 17.0 Å². The van der Waals surface area contributed by atoms with Crippen molar-refractivity contribution < 1.29 is 4.42 Å². The van der Waals surface area contributed by atoms with Crippen LogP contribution in [0.15, 0.2) is 33.7 Å². The summed E-state index contributed by atoms with van der Waals surface area (Å²) in [5.41, 5.74) is 2.22. The van der Waals surface area contributed by atoms with E-state index in [1.807, 2.05) is 6.92 Å². The summed E-state index contributed by atoms with van der Waals surface area (Å²) in [4.78, 5) is 5.42. The number of hydrogen-bond donors (Lipinski definition) is 1. The number of hydrogen-bond acceptors (Lipinski definition) is 4. The number of nitrogens with zero attached hydrogens (tertiary/aromatic N) is 1. The van der Waals surface area contributed by atoms with Gasteiger partial charge in [0.2, 0.25) is 0 Å². The van der Waals surface area contributed by atoms with Crippen molar-refractivity contribution in [3.05, 3.63) is 35.7 Å². The van der Waals surface area contributed by atoms with Gasteiger partial charge in [-0.25, -0.2) is 4.98 Å². The Bertz CT molecular complexity index is 508. The standard InChI is InChI=1S/C13H16N2OS/c1-4-10-8-14-13(16-10)15-12-7-11(17-3)6-5-9(12)2/h5-8H,4H2,1-3H3,(H,14,15). The number of nitrogens with one attached hydrogen (secondary N) is 1. The van der Waals surface area contributed by atoms with E-state index in [0.717, 1.165) is 17.9 Å². The Morgan fingerprint density at radius 2 is 2.24 bits per heavy atom. The molecule has 3 nitrogen and oxygen atoms in total. The molecule has 0 atom stereocenters. The van der Waals surface area contributed by atoms with Crippen LogP contribution in [0.25, 0.3) is 0 Å². The number of anilines is 2. The fourth-order valence-corrected chi connectivity index (χ4v) is 1.95. The van der Waals surface area contributed by atoms with E-state index >= 15 is 0 Å². The maximum absolute atomic E-state index is 5.54. The van der Waals surface area contributed by atoms with Crippen molar-refractivity contribution in [2.45, 2.75) is 25.2 Å². The molecule has 0 fully saturated rings. The molecule has 2 rings (SSSR count). The first-order valence-electron chi connectivity index (χ1n) is 5.59. The maximum Gasteiger partial charge on any atom is 0.299 e. The van der Waals surface area contributed by atoms with Gasteiger partial charge in [-0.2, -0.15) is 0 Å². The second kappa shape index (κ2) is 5.27. The minimum absolute atomic E-state index is 0.559. The van der Waals surface area contributed by atoms with E-state index in [0.29, 0.717) is 6.01 Å². The predicted molar refractivity (Wildman–Crippen MR) is 72.1 cm³/mol. The Balaban J connectivity index is 2.22. The van der Waals surface area contributed by atoms with E-state index in [1.54, 1.807) is 18.0 Å². The van der Waals surface area contributed by atoms with Gasteiger partial charge in [0.1, 0.15) is 5.76 Å². The molecule has 1 aromatic carbocycles. The molecule has 1 heterocycles. The fraction of sp³-hybridized carbons (Fsp3) is 0.308. The van der Waals surface area contributed by atoms with Crippen molar-refractivity contribution in [2.24, 2.45) is 0 Å². The minimum atomic E-state index is 0.559. The van der Waals surface area contributed by atoms with Gasteiger partial charge in [0.15, 0.2) is 0 Å². The topological polar surface area (TPSA) is 38.1 Å². The van der Waals surface area contributed by atoms with Crippen LogP contribution < -0.4 is 5.32 Å². The van der Waals surface area contributed by atoms with Crippen molar-refractivity contribution in [3.8, 4) is 0 Å². The Morgan fingerprint density at radius 3 is 2.88 bits per heavy atom. The minimum Gasteiger partial charge on any atom is -0.429 e. The summed E-state index contributed by atoms with van der Waals surface area (Å²) >= 11 is 1.72. The molecule has 1 aromatic heterocycles. The molecule has 0 unspecified atom stereocenters. The van der Waals surface area contributed by atoms with E-state index < -0.39 is 0 Å². The molecule has 4 heteroatoms. The molecule has 1 N–H and O–H groups in total. The third-order valence-electron chi connectivity index (χ3n) is 2.59. The van der Waals surface area contributed by atoms with Gasteiger partial charge in [-0.3, -0.25) is 0 Å². The quantitative estimate of drug-likeness (QED) is 0.830. The van der Waals surface area contributed by atoms with Crippen LogP contribution in [0.3, 0.4) is 0 Å². The lowest BCUT2D eigenvalue weighted by Gasteiger charge is -2.07. The summed E-state index contributed by atoms with van der Waals surface area (Å²) in [7, 11) is 0. The highest BCUT2D eigenvalue weighted by Crippen LogP contribution is 2.25. The van der Waals surface area contributed by atoms with Crippen molar-refractivity contribution in [3.63, 3.8) is 0 Å². The van der Waals surface area contributed by atoms with Crippen LogP contribution >= 0.6 is 11.8 Å². The fourth-order valence-electron chi connectivity index (χ4n) is 1.51. The monoisotopic (exact) mass is 248 g/mol. The van der Waals surface area contributed by atoms with Gasteiger partial charge in [0.25, 0.3) is 6.01 Å². The summed E-state index contributed by atoms with van der Waals surface area (Å²) < 4.78 is 5.54. The lowest BCUT2D eigenvalue weighted by Crippen LogP contribution is -1.93. The first-order chi connectivity index (χ1) is 8.22. The average Bonchev–Trinajstić information content (AvgIpc) is 2.80. The van der Waals surface area contributed by atoms with Crippen LogP contribution in [0.4, 0.5) is 11.7 Å². The van der Waals surface area contributed by atoms with Crippen molar-refractivity contribution in [1.82, 2.24) is 4.98 Å². The summed E-state index contributed by atoms with van der Waals surface area (Å²) in [6, 6.07) is 6.87. The molecule has 17 heavy (non-hydrogen) atoms. The van der Waals surface area contributed by atoms with Gasteiger partial charge in [-0.05, 0) is 30.9 Å². The molecule has 0 spiro atoms. The number of aryl methyl sites for hydroxylation is 2. The molecule has 2 aromatic rings. The number of benzene rings is 1. The average molecular weight is 248 g/mol. The predicted octanol–water partition coefficient (Wildman–Crippen LogP) is 4.01. The second-order valence-electron chi connectivity index (χ2n) is 3.79. The zero-order valence-electron chi connectivity index (χ0n) is 10.3. The molecule has 0 bridgehead atoms. The second-order valence-corrected chi connectivity index (χ2v) is 4.67. The van der Waals surface area contributed by atoms with E-state index in [9.17, 15) is 0 Å². The Morgan fingerprint density at radius 1 is 1.41 bits per heavy atom. The molecule has 0 saturated heterocycles. The third kappa shape index (κ3) is 2.82. The number of oxazole rings is 1. The molecule has 0 radical (unpaired) electrons. The number of thioether (sulfide) groups is 1. The summed E-state index contributed by atoms with van der Waals surface area (Å²) in [6.45, 7) is 4.11. The Hall–Kier alpha value is -1.42. The maximum atomic E-state index is 5.54. The van der Waals surface area contributed by atoms with Crippen LogP contribution in [-0.4, -0.2) is 11.2 Å². The highest BCUT2D eigenvalue weighted by molar-refractivity contribution is 7.98.